The number of nitrogens with one attached hydrogen (secondary N) is 1. The molecule has 0 saturated heterocycles. The molecule has 6 heteroatoms. The molecule has 1 heterocycles. The standard InChI is InChI=1S/C14H18N4O2/c1-10(17(2)3)9-16-13-7-6-12-11(5-4-8-15-12)14(13)18(19)20/h4-8,10,16H,9H2,1-3H3. The number of pyridine rings is 1. The van der Waals surface area contributed by atoms with Crippen molar-refractivity contribution in [3.05, 3.63) is 40.6 Å². The lowest BCUT2D eigenvalue weighted by molar-refractivity contribution is -0.382. The summed E-state index contributed by atoms with van der Waals surface area (Å²) in [5.74, 6) is 0. The van der Waals surface area contributed by atoms with Crippen molar-refractivity contribution in [3.63, 3.8) is 0 Å². The fourth-order valence-corrected chi connectivity index (χ4v) is 1.92. The Bertz CT molecular complexity index is 628. The van der Waals surface area contributed by atoms with E-state index in [2.05, 4.69) is 22.1 Å². The fourth-order valence-electron chi connectivity index (χ4n) is 1.92. The van der Waals surface area contributed by atoms with Gasteiger partial charge in [0.2, 0.25) is 0 Å². The second-order valence-corrected chi connectivity index (χ2v) is 4.98. The summed E-state index contributed by atoms with van der Waals surface area (Å²) < 4.78 is 0. The van der Waals surface area contributed by atoms with Crippen LogP contribution in [0.3, 0.4) is 0 Å². The highest BCUT2D eigenvalue weighted by molar-refractivity contribution is 5.94. The van der Waals surface area contributed by atoms with Crippen LogP contribution in [0.2, 0.25) is 0 Å². The van der Waals surface area contributed by atoms with Crippen LogP contribution in [0.25, 0.3) is 10.9 Å². The number of rotatable bonds is 5. The van der Waals surface area contributed by atoms with Gasteiger partial charge >= 0.3 is 5.69 Å². The largest absolute Gasteiger partial charge is 0.378 e. The van der Waals surface area contributed by atoms with E-state index < -0.39 is 0 Å². The molecule has 2 rings (SSSR count). The summed E-state index contributed by atoms with van der Waals surface area (Å²) in [7, 11) is 3.95. The lowest BCUT2D eigenvalue weighted by Gasteiger charge is -2.20. The number of nitrogens with zero attached hydrogens (tertiary/aromatic N) is 3. The van der Waals surface area contributed by atoms with Gasteiger partial charge in [-0.05, 0) is 45.3 Å². The molecule has 6 nitrogen and oxygen atoms in total. The van der Waals surface area contributed by atoms with Crippen LogP contribution in [0.4, 0.5) is 11.4 Å². The zero-order chi connectivity index (χ0) is 14.7. The molecule has 0 amide bonds. The first-order valence-corrected chi connectivity index (χ1v) is 6.43. The van der Waals surface area contributed by atoms with Crippen LogP contribution in [0.5, 0.6) is 0 Å². The zero-order valence-corrected chi connectivity index (χ0v) is 11.8. The molecular weight excluding hydrogens is 256 g/mol. The van der Waals surface area contributed by atoms with Crippen molar-refractivity contribution in [2.75, 3.05) is 26.0 Å². The Morgan fingerprint density at radius 1 is 1.40 bits per heavy atom. The minimum atomic E-state index is -0.354. The molecule has 0 fully saturated rings. The van der Waals surface area contributed by atoms with Crippen molar-refractivity contribution in [1.82, 2.24) is 9.88 Å². The number of fused-ring (bicyclic) bond motifs is 1. The van der Waals surface area contributed by atoms with Gasteiger partial charge in [0, 0.05) is 18.8 Å². The zero-order valence-electron chi connectivity index (χ0n) is 11.8. The van der Waals surface area contributed by atoms with Gasteiger partial charge in [-0.3, -0.25) is 15.1 Å². The molecule has 1 N–H and O–H groups in total. The average Bonchev–Trinajstić information content (AvgIpc) is 2.43. The molecule has 1 aromatic heterocycles. The molecule has 20 heavy (non-hydrogen) atoms. The fraction of sp³-hybridized carbons (Fsp3) is 0.357. The van der Waals surface area contributed by atoms with Crippen LogP contribution >= 0.6 is 0 Å². The third-order valence-corrected chi connectivity index (χ3v) is 3.41. The van der Waals surface area contributed by atoms with Crippen LogP contribution in [0, 0.1) is 10.1 Å². The Morgan fingerprint density at radius 2 is 2.15 bits per heavy atom. The molecule has 0 aliphatic rings. The number of nitro benzene ring substituents is 1. The summed E-state index contributed by atoms with van der Waals surface area (Å²) in [6.07, 6.45) is 1.63. The number of aromatic nitrogens is 1. The van der Waals surface area contributed by atoms with E-state index in [4.69, 9.17) is 0 Å². The predicted molar refractivity (Wildman–Crippen MR) is 80.0 cm³/mol. The smallest absolute Gasteiger partial charge is 0.301 e. The van der Waals surface area contributed by atoms with E-state index in [9.17, 15) is 10.1 Å². The van der Waals surface area contributed by atoms with Gasteiger partial charge in [0.1, 0.15) is 5.69 Å². The Balaban J connectivity index is 2.38. The Kier molecular flexibility index (Phi) is 4.14. The second-order valence-electron chi connectivity index (χ2n) is 4.98. The highest BCUT2D eigenvalue weighted by Crippen LogP contribution is 2.32. The van der Waals surface area contributed by atoms with E-state index in [0.717, 1.165) is 0 Å². The Morgan fingerprint density at radius 3 is 2.80 bits per heavy atom. The van der Waals surface area contributed by atoms with E-state index in [-0.39, 0.29) is 16.7 Å². The molecule has 0 saturated carbocycles. The number of hydrogen-bond acceptors (Lipinski definition) is 5. The van der Waals surface area contributed by atoms with Gasteiger partial charge in [0.05, 0.1) is 15.8 Å². The first-order valence-electron chi connectivity index (χ1n) is 6.43. The molecule has 1 atom stereocenters. The molecule has 1 unspecified atom stereocenters. The van der Waals surface area contributed by atoms with Crippen molar-refractivity contribution in [1.29, 1.82) is 0 Å². The molecular formula is C14H18N4O2. The van der Waals surface area contributed by atoms with Gasteiger partial charge in [0.25, 0.3) is 0 Å². The minimum absolute atomic E-state index is 0.0848. The van der Waals surface area contributed by atoms with E-state index in [1.165, 1.54) is 0 Å². The number of hydrogen-bond donors (Lipinski definition) is 1. The molecule has 0 spiro atoms. The number of benzene rings is 1. The number of likely N-dealkylation sites (N-methyl/N-ethyl adjacent to an activating group) is 1. The van der Waals surface area contributed by atoms with Crippen LogP contribution in [-0.4, -0.2) is 41.5 Å². The Labute approximate surface area is 117 Å². The first kappa shape index (κ1) is 14.2. The number of nitro groups is 1. The summed E-state index contributed by atoms with van der Waals surface area (Å²) in [4.78, 5) is 17.2. The second kappa shape index (κ2) is 5.83. The molecule has 0 bridgehead atoms. The van der Waals surface area contributed by atoms with Crippen LogP contribution in [0.1, 0.15) is 6.92 Å². The highest BCUT2D eigenvalue weighted by Gasteiger charge is 2.19. The molecule has 1 aromatic carbocycles. The van der Waals surface area contributed by atoms with Gasteiger partial charge in [-0.25, -0.2) is 0 Å². The van der Waals surface area contributed by atoms with Crippen molar-refractivity contribution in [2.24, 2.45) is 0 Å². The van der Waals surface area contributed by atoms with Gasteiger partial charge < -0.3 is 10.2 Å². The minimum Gasteiger partial charge on any atom is -0.378 e. The average molecular weight is 274 g/mol. The lowest BCUT2D eigenvalue weighted by Crippen LogP contribution is -2.31. The predicted octanol–water partition coefficient (Wildman–Crippen LogP) is 2.51. The van der Waals surface area contributed by atoms with Crippen molar-refractivity contribution >= 4 is 22.3 Å². The van der Waals surface area contributed by atoms with Gasteiger partial charge in [-0.15, -0.1) is 0 Å². The molecule has 0 aliphatic heterocycles. The Hall–Kier alpha value is -2.21. The monoisotopic (exact) mass is 274 g/mol. The topological polar surface area (TPSA) is 71.3 Å². The maximum absolute atomic E-state index is 11.3. The maximum Gasteiger partial charge on any atom is 0.301 e. The third-order valence-electron chi connectivity index (χ3n) is 3.41. The van der Waals surface area contributed by atoms with Crippen LogP contribution in [0.15, 0.2) is 30.5 Å². The van der Waals surface area contributed by atoms with Crippen LogP contribution < -0.4 is 5.32 Å². The molecule has 2 aromatic rings. The van der Waals surface area contributed by atoms with E-state index in [1.807, 2.05) is 14.1 Å². The highest BCUT2D eigenvalue weighted by atomic mass is 16.6. The van der Waals surface area contributed by atoms with Gasteiger partial charge in [-0.1, -0.05) is 0 Å². The van der Waals surface area contributed by atoms with E-state index >= 15 is 0 Å². The quantitative estimate of drug-likeness (QED) is 0.670. The van der Waals surface area contributed by atoms with Gasteiger partial charge in [-0.2, -0.15) is 0 Å². The van der Waals surface area contributed by atoms with Crippen molar-refractivity contribution < 1.29 is 4.92 Å². The molecule has 0 radical (unpaired) electrons. The molecule has 106 valence electrons. The summed E-state index contributed by atoms with van der Waals surface area (Å²) in [5, 5.41) is 15.1. The van der Waals surface area contributed by atoms with Crippen molar-refractivity contribution in [2.45, 2.75) is 13.0 Å². The first-order chi connectivity index (χ1) is 9.50. The van der Waals surface area contributed by atoms with E-state index in [0.29, 0.717) is 23.1 Å². The van der Waals surface area contributed by atoms with Crippen molar-refractivity contribution in [3.8, 4) is 0 Å². The number of anilines is 1. The van der Waals surface area contributed by atoms with Crippen LogP contribution in [-0.2, 0) is 0 Å². The normalized spacial score (nSPS) is 12.6. The lowest BCUT2D eigenvalue weighted by atomic mass is 10.1. The summed E-state index contributed by atoms with van der Waals surface area (Å²) in [5.41, 5.74) is 1.25. The van der Waals surface area contributed by atoms with E-state index in [1.54, 1.807) is 30.5 Å². The third kappa shape index (κ3) is 2.85. The van der Waals surface area contributed by atoms with Gasteiger partial charge in [0.15, 0.2) is 0 Å². The maximum atomic E-state index is 11.3. The summed E-state index contributed by atoms with van der Waals surface area (Å²) in [6, 6.07) is 7.22. The summed E-state index contributed by atoms with van der Waals surface area (Å²) >= 11 is 0. The SMILES string of the molecule is CC(CNc1ccc2ncccc2c1[N+](=O)[O-])N(C)C. The summed E-state index contributed by atoms with van der Waals surface area (Å²) in [6.45, 7) is 2.70. The molecule has 0 aliphatic carbocycles.